The van der Waals surface area contributed by atoms with Crippen molar-refractivity contribution in [3.63, 3.8) is 0 Å². The molecule has 7 heteroatoms. The normalized spacial score (nSPS) is 16.0. The lowest BCUT2D eigenvalue weighted by Crippen LogP contribution is -2.41. The molecular weight excluding hydrogens is 340 g/mol. The summed E-state index contributed by atoms with van der Waals surface area (Å²) in [4.78, 5) is 24.6. The number of carboxylic acid groups (broad SMARTS) is 1. The highest BCUT2D eigenvalue weighted by Gasteiger charge is 2.24. The monoisotopic (exact) mass is 356 g/mol. The highest BCUT2D eigenvalue weighted by atomic mass is 79.9. The molecule has 0 radical (unpaired) electrons. The van der Waals surface area contributed by atoms with Crippen LogP contribution in [-0.2, 0) is 9.53 Å². The molecule has 0 unspecified atom stereocenters. The number of nitrogen functional groups attached to an aromatic ring is 1. The number of carbonyl (C=O) groups excluding carboxylic acids is 1. The number of ether oxygens (including phenoxy) is 1. The van der Waals surface area contributed by atoms with Gasteiger partial charge in [0.05, 0.1) is 6.10 Å². The lowest BCUT2D eigenvalue weighted by Gasteiger charge is -2.31. The fraction of sp³-hybridized carbons (Fsp3) is 0.429. The summed E-state index contributed by atoms with van der Waals surface area (Å²) in [5, 5.41) is 8.58. The summed E-state index contributed by atoms with van der Waals surface area (Å²) in [6.45, 7) is 0.811. The molecule has 0 aromatic heterocycles. The van der Waals surface area contributed by atoms with Crippen LogP contribution in [0.1, 0.15) is 23.2 Å². The number of nitrogens with zero attached hydrogens (tertiary/aromatic N) is 1. The van der Waals surface area contributed by atoms with Crippen molar-refractivity contribution in [3.05, 3.63) is 28.2 Å². The number of carboxylic acids is 1. The Morgan fingerprint density at radius 1 is 1.33 bits per heavy atom. The number of rotatable bonds is 4. The first-order valence-electron chi connectivity index (χ1n) is 6.64. The van der Waals surface area contributed by atoms with Gasteiger partial charge in [0.15, 0.2) is 0 Å². The van der Waals surface area contributed by atoms with Gasteiger partial charge < -0.3 is 20.5 Å². The summed E-state index contributed by atoms with van der Waals surface area (Å²) in [5.41, 5.74) is 6.82. The number of amides is 1. The van der Waals surface area contributed by atoms with Crippen LogP contribution in [0.25, 0.3) is 0 Å². The van der Waals surface area contributed by atoms with E-state index in [-0.39, 0.29) is 18.6 Å². The SMILES string of the molecule is Nc1cc(Br)cc(C(=O)N2CCC(OCC(=O)O)CC2)c1. The van der Waals surface area contributed by atoms with E-state index in [2.05, 4.69) is 15.9 Å². The number of aliphatic carboxylic acids is 1. The first-order chi connectivity index (χ1) is 9.95. The zero-order chi connectivity index (χ0) is 15.4. The van der Waals surface area contributed by atoms with E-state index >= 15 is 0 Å². The molecular formula is C14H17BrN2O4. The lowest BCUT2D eigenvalue weighted by molar-refractivity contribution is -0.145. The molecule has 1 amide bonds. The van der Waals surface area contributed by atoms with Gasteiger partial charge >= 0.3 is 5.97 Å². The van der Waals surface area contributed by atoms with E-state index in [0.29, 0.717) is 37.2 Å². The molecule has 3 N–H and O–H groups in total. The second kappa shape index (κ2) is 6.91. The van der Waals surface area contributed by atoms with Gasteiger partial charge in [-0.2, -0.15) is 0 Å². The van der Waals surface area contributed by atoms with Crippen molar-refractivity contribution in [2.45, 2.75) is 18.9 Å². The number of halogens is 1. The van der Waals surface area contributed by atoms with Gasteiger partial charge in [0.1, 0.15) is 6.61 Å². The van der Waals surface area contributed by atoms with E-state index in [1.54, 1.807) is 23.1 Å². The Kier molecular flexibility index (Phi) is 5.19. The molecule has 6 nitrogen and oxygen atoms in total. The number of hydrogen-bond acceptors (Lipinski definition) is 4. The van der Waals surface area contributed by atoms with E-state index in [0.717, 1.165) is 4.47 Å². The van der Waals surface area contributed by atoms with Gasteiger partial charge in [-0.25, -0.2) is 4.79 Å². The summed E-state index contributed by atoms with van der Waals surface area (Å²) in [7, 11) is 0. The minimum atomic E-state index is -0.974. The van der Waals surface area contributed by atoms with Crippen LogP contribution in [0.15, 0.2) is 22.7 Å². The lowest BCUT2D eigenvalue weighted by atomic mass is 10.1. The average Bonchev–Trinajstić information content (AvgIpc) is 2.44. The maximum Gasteiger partial charge on any atom is 0.329 e. The van der Waals surface area contributed by atoms with Crippen molar-refractivity contribution in [2.75, 3.05) is 25.4 Å². The van der Waals surface area contributed by atoms with Crippen molar-refractivity contribution >= 4 is 33.5 Å². The van der Waals surface area contributed by atoms with E-state index in [4.69, 9.17) is 15.6 Å². The molecule has 1 fully saturated rings. The third-order valence-electron chi connectivity index (χ3n) is 3.34. The highest BCUT2D eigenvalue weighted by molar-refractivity contribution is 9.10. The maximum absolute atomic E-state index is 12.4. The topological polar surface area (TPSA) is 92.9 Å². The van der Waals surface area contributed by atoms with Crippen LogP contribution in [0, 0.1) is 0 Å². The number of nitrogens with two attached hydrogens (primary N) is 1. The van der Waals surface area contributed by atoms with E-state index < -0.39 is 5.97 Å². The number of anilines is 1. The van der Waals surface area contributed by atoms with Crippen molar-refractivity contribution in [2.24, 2.45) is 0 Å². The molecule has 1 aromatic rings. The van der Waals surface area contributed by atoms with Crippen LogP contribution in [0.4, 0.5) is 5.69 Å². The Balaban J connectivity index is 1.92. The molecule has 0 bridgehead atoms. The third-order valence-corrected chi connectivity index (χ3v) is 3.80. The van der Waals surface area contributed by atoms with Crippen molar-refractivity contribution in [1.82, 2.24) is 4.90 Å². The van der Waals surface area contributed by atoms with Crippen molar-refractivity contribution in [3.8, 4) is 0 Å². The van der Waals surface area contributed by atoms with Crippen molar-refractivity contribution < 1.29 is 19.4 Å². The van der Waals surface area contributed by atoms with Crippen LogP contribution >= 0.6 is 15.9 Å². The second-order valence-corrected chi connectivity index (χ2v) is 5.89. The Morgan fingerprint density at radius 3 is 2.57 bits per heavy atom. The molecule has 21 heavy (non-hydrogen) atoms. The molecule has 114 valence electrons. The van der Waals surface area contributed by atoms with E-state index in [9.17, 15) is 9.59 Å². The largest absolute Gasteiger partial charge is 0.480 e. The predicted octanol–water partition coefficient (Wildman–Crippen LogP) is 1.74. The zero-order valence-electron chi connectivity index (χ0n) is 11.4. The van der Waals surface area contributed by atoms with Gasteiger partial charge in [0.25, 0.3) is 5.91 Å². The predicted molar refractivity (Wildman–Crippen MR) is 81.1 cm³/mol. The third kappa shape index (κ3) is 4.44. The standard InChI is InChI=1S/C14H17BrN2O4/c15-10-5-9(6-11(16)7-10)14(20)17-3-1-12(2-4-17)21-8-13(18)19/h5-7,12H,1-4,8,16H2,(H,18,19). The Morgan fingerprint density at radius 2 is 2.00 bits per heavy atom. The second-order valence-electron chi connectivity index (χ2n) is 4.97. The maximum atomic E-state index is 12.4. The summed E-state index contributed by atoms with van der Waals surface area (Å²) in [6, 6.07) is 5.13. The minimum absolute atomic E-state index is 0.0697. The number of carbonyl (C=O) groups is 2. The van der Waals surface area contributed by atoms with Gasteiger partial charge in [0.2, 0.25) is 0 Å². The number of benzene rings is 1. The van der Waals surface area contributed by atoms with Gasteiger partial charge in [0, 0.05) is 28.8 Å². The quantitative estimate of drug-likeness (QED) is 0.801. The van der Waals surface area contributed by atoms with Crippen LogP contribution in [0.3, 0.4) is 0 Å². The summed E-state index contributed by atoms with van der Waals surface area (Å²) < 4.78 is 6.02. The first kappa shape index (κ1) is 15.8. The van der Waals surface area contributed by atoms with E-state index in [1.807, 2.05) is 0 Å². The molecule has 2 rings (SSSR count). The molecule has 0 aliphatic carbocycles. The molecule has 0 saturated carbocycles. The van der Waals surface area contributed by atoms with Crippen molar-refractivity contribution in [1.29, 1.82) is 0 Å². The van der Waals surface area contributed by atoms with E-state index in [1.165, 1.54) is 0 Å². The Labute approximate surface area is 131 Å². The van der Waals surface area contributed by atoms with Crippen LogP contribution in [0.5, 0.6) is 0 Å². The molecule has 1 heterocycles. The highest BCUT2D eigenvalue weighted by Crippen LogP contribution is 2.21. The first-order valence-corrected chi connectivity index (χ1v) is 7.44. The molecule has 0 spiro atoms. The zero-order valence-corrected chi connectivity index (χ0v) is 13.0. The smallest absolute Gasteiger partial charge is 0.329 e. The molecule has 1 aliphatic heterocycles. The van der Waals surface area contributed by atoms with Crippen LogP contribution in [-0.4, -0.2) is 47.7 Å². The van der Waals surface area contributed by atoms with Gasteiger partial charge in [-0.05, 0) is 31.0 Å². The summed E-state index contributed by atoms with van der Waals surface area (Å²) >= 11 is 3.32. The molecule has 0 atom stereocenters. The fourth-order valence-electron chi connectivity index (χ4n) is 2.33. The number of piperidine rings is 1. The summed E-state index contributed by atoms with van der Waals surface area (Å²) in [6.07, 6.45) is 1.18. The minimum Gasteiger partial charge on any atom is -0.480 e. The molecule has 1 aromatic carbocycles. The number of likely N-dealkylation sites (tertiary alicyclic amines) is 1. The van der Waals surface area contributed by atoms with Crippen LogP contribution in [0.2, 0.25) is 0 Å². The molecule has 1 saturated heterocycles. The van der Waals surface area contributed by atoms with Gasteiger partial charge in [-0.1, -0.05) is 15.9 Å². The number of hydrogen-bond donors (Lipinski definition) is 2. The van der Waals surface area contributed by atoms with Crippen LogP contribution < -0.4 is 5.73 Å². The summed E-state index contributed by atoms with van der Waals surface area (Å²) in [5.74, 6) is -1.04. The van der Waals surface area contributed by atoms with Gasteiger partial charge in [-0.3, -0.25) is 4.79 Å². The Bertz CT molecular complexity index is 522. The van der Waals surface area contributed by atoms with Gasteiger partial charge in [-0.15, -0.1) is 0 Å². The Hall–Kier alpha value is -1.60. The fourth-order valence-corrected chi connectivity index (χ4v) is 2.84. The average molecular weight is 357 g/mol. The molecule has 1 aliphatic rings.